The molecule has 0 aliphatic heterocycles. The van der Waals surface area contributed by atoms with Crippen molar-refractivity contribution in [3.63, 3.8) is 0 Å². The largest absolute Gasteiger partial charge is 0.493 e. The zero-order valence-electron chi connectivity index (χ0n) is 25.1. The highest BCUT2D eigenvalue weighted by Gasteiger charge is 2.25. The summed E-state index contributed by atoms with van der Waals surface area (Å²) in [5.41, 5.74) is 2.84. The van der Waals surface area contributed by atoms with Gasteiger partial charge in [0.05, 0.1) is 40.7 Å². The zero-order valence-corrected chi connectivity index (χ0v) is 26.8. The monoisotopic (exact) mass is 653 g/mol. The smallest absolute Gasteiger partial charge is 0.357 e. The molecule has 5 aromatic rings. The summed E-state index contributed by atoms with van der Waals surface area (Å²) >= 11 is 0. The third-order valence-electron chi connectivity index (χ3n) is 6.71. The number of methoxy groups -OCH3 is 4. The van der Waals surface area contributed by atoms with E-state index < -0.39 is 5.97 Å². The van der Waals surface area contributed by atoms with Crippen molar-refractivity contribution in [3.8, 4) is 40.0 Å². The molecule has 0 atom stereocenters. The van der Waals surface area contributed by atoms with Crippen LogP contribution in [0.15, 0.2) is 79.1 Å². The summed E-state index contributed by atoms with van der Waals surface area (Å²) in [6.07, 6.45) is 3.99. The normalized spacial score (nSPS) is 10.2. The van der Waals surface area contributed by atoms with Crippen molar-refractivity contribution in [2.45, 2.75) is 13.0 Å². The van der Waals surface area contributed by atoms with E-state index in [1.807, 2.05) is 54.6 Å². The fourth-order valence-electron chi connectivity index (χ4n) is 4.66. The SMILES string of the molecule is COC(=O)c1nc(OCCc2ccccn2)c2cc(OCc3ccccn3)ccc2c1-c1cc(OC)c(OC)c(OC)c1.Cl.Cl. The zero-order chi connectivity index (χ0) is 30.2. The van der Waals surface area contributed by atoms with Crippen LogP contribution in [0.3, 0.4) is 0 Å². The van der Waals surface area contributed by atoms with E-state index in [0.29, 0.717) is 51.3 Å². The van der Waals surface area contributed by atoms with Gasteiger partial charge in [-0.05, 0) is 65.5 Å². The van der Waals surface area contributed by atoms with Crippen LogP contribution in [-0.2, 0) is 17.8 Å². The van der Waals surface area contributed by atoms with E-state index in [4.69, 9.17) is 33.4 Å². The predicted molar refractivity (Wildman–Crippen MR) is 175 cm³/mol. The Morgan fingerprint density at radius 3 is 1.98 bits per heavy atom. The number of aromatic nitrogens is 3. The van der Waals surface area contributed by atoms with Crippen LogP contribution < -0.4 is 23.7 Å². The Bertz CT molecular complexity index is 1700. The average molecular weight is 655 g/mol. The van der Waals surface area contributed by atoms with Crippen LogP contribution in [0.1, 0.15) is 21.9 Å². The summed E-state index contributed by atoms with van der Waals surface area (Å²) in [4.78, 5) is 26.6. The standard InChI is InChI=1S/C33H31N3O7.2ClH/c1-38-27-17-21(18-28(39-2)31(27)40-3)29-25-12-11-24(43-20-23-10-6-8-15-35-23)19-26(25)32(36-30(29)33(37)41-4)42-16-13-22-9-5-7-14-34-22;;/h5-12,14-15,17-19H,13,16,20H2,1-4H3;2*1H. The van der Waals surface area contributed by atoms with E-state index in [2.05, 4.69) is 9.97 Å². The van der Waals surface area contributed by atoms with E-state index in [0.717, 1.165) is 11.4 Å². The van der Waals surface area contributed by atoms with Crippen LogP contribution in [0, 0.1) is 0 Å². The molecule has 12 heteroatoms. The highest BCUT2D eigenvalue weighted by molar-refractivity contribution is 6.08. The van der Waals surface area contributed by atoms with Crippen LogP contribution in [0.25, 0.3) is 21.9 Å². The van der Waals surface area contributed by atoms with Gasteiger partial charge in [0.2, 0.25) is 11.6 Å². The first-order chi connectivity index (χ1) is 21.1. The van der Waals surface area contributed by atoms with Gasteiger partial charge < -0.3 is 28.4 Å². The molecular formula is C33H33Cl2N3O7. The molecule has 0 amide bonds. The van der Waals surface area contributed by atoms with Gasteiger partial charge in [-0.2, -0.15) is 0 Å². The minimum atomic E-state index is -0.629. The molecule has 0 aliphatic carbocycles. The first-order valence-electron chi connectivity index (χ1n) is 13.5. The molecule has 45 heavy (non-hydrogen) atoms. The number of ether oxygens (including phenoxy) is 6. The van der Waals surface area contributed by atoms with Gasteiger partial charge in [-0.3, -0.25) is 9.97 Å². The summed E-state index contributed by atoms with van der Waals surface area (Å²) in [6, 6.07) is 20.4. The number of carbonyl (C=O) groups is 1. The van der Waals surface area contributed by atoms with Gasteiger partial charge in [0.1, 0.15) is 12.4 Å². The van der Waals surface area contributed by atoms with Crippen LogP contribution in [0.2, 0.25) is 0 Å². The van der Waals surface area contributed by atoms with Crippen molar-refractivity contribution in [2.24, 2.45) is 0 Å². The molecule has 0 radical (unpaired) electrons. The van der Waals surface area contributed by atoms with Crippen molar-refractivity contribution in [3.05, 3.63) is 96.2 Å². The first-order valence-corrected chi connectivity index (χ1v) is 13.5. The van der Waals surface area contributed by atoms with E-state index in [1.54, 1.807) is 24.5 Å². The number of nitrogens with zero attached hydrogens (tertiary/aromatic N) is 3. The fraction of sp³-hybridized carbons (Fsp3) is 0.212. The fourth-order valence-corrected chi connectivity index (χ4v) is 4.66. The van der Waals surface area contributed by atoms with Crippen molar-refractivity contribution in [2.75, 3.05) is 35.0 Å². The first kappa shape index (κ1) is 34.7. The van der Waals surface area contributed by atoms with E-state index in [1.165, 1.54) is 28.4 Å². The molecule has 0 saturated heterocycles. The predicted octanol–water partition coefficient (Wildman–Crippen LogP) is 6.55. The third-order valence-corrected chi connectivity index (χ3v) is 6.71. The summed E-state index contributed by atoms with van der Waals surface area (Å²) in [6.45, 7) is 0.553. The average Bonchev–Trinajstić information content (AvgIpc) is 3.06. The second-order valence-electron chi connectivity index (χ2n) is 9.28. The Kier molecular flexibility index (Phi) is 12.6. The summed E-state index contributed by atoms with van der Waals surface area (Å²) < 4.78 is 34.1. The van der Waals surface area contributed by atoms with Gasteiger partial charge in [0.15, 0.2) is 17.2 Å². The minimum Gasteiger partial charge on any atom is -0.493 e. The van der Waals surface area contributed by atoms with Crippen molar-refractivity contribution in [1.29, 1.82) is 0 Å². The minimum absolute atomic E-state index is 0. The lowest BCUT2D eigenvalue weighted by atomic mass is 9.96. The Morgan fingerprint density at radius 2 is 1.40 bits per heavy atom. The topological polar surface area (TPSA) is 111 Å². The number of pyridine rings is 3. The number of fused-ring (bicyclic) bond motifs is 1. The molecule has 5 rings (SSSR count). The van der Waals surface area contributed by atoms with E-state index in [9.17, 15) is 4.79 Å². The summed E-state index contributed by atoms with van der Waals surface area (Å²) in [7, 11) is 5.90. The molecule has 0 aliphatic rings. The summed E-state index contributed by atoms with van der Waals surface area (Å²) in [5, 5.41) is 1.32. The number of rotatable bonds is 12. The van der Waals surface area contributed by atoms with Gasteiger partial charge in [-0.15, -0.1) is 24.8 Å². The van der Waals surface area contributed by atoms with Crippen molar-refractivity contribution < 1.29 is 33.2 Å². The number of halogens is 2. The molecule has 3 aromatic heterocycles. The van der Waals surface area contributed by atoms with Crippen LogP contribution in [0.5, 0.6) is 28.9 Å². The van der Waals surface area contributed by atoms with E-state index in [-0.39, 0.29) is 49.6 Å². The van der Waals surface area contributed by atoms with Crippen molar-refractivity contribution in [1.82, 2.24) is 15.0 Å². The summed E-state index contributed by atoms with van der Waals surface area (Å²) in [5.74, 6) is 1.47. The van der Waals surface area contributed by atoms with E-state index >= 15 is 0 Å². The molecule has 10 nitrogen and oxygen atoms in total. The van der Waals surface area contributed by atoms with Gasteiger partial charge in [-0.25, -0.2) is 9.78 Å². The van der Waals surface area contributed by atoms with Crippen LogP contribution in [0.4, 0.5) is 0 Å². The maximum Gasteiger partial charge on any atom is 0.357 e. The second-order valence-corrected chi connectivity index (χ2v) is 9.28. The molecule has 2 aromatic carbocycles. The van der Waals surface area contributed by atoms with Gasteiger partial charge >= 0.3 is 5.97 Å². The molecule has 236 valence electrons. The quantitative estimate of drug-likeness (QED) is 0.137. The number of benzene rings is 2. The highest BCUT2D eigenvalue weighted by Crippen LogP contribution is 2.45. The van der Waals surface area contributed by atoms with Gasteiger partial charge in [0, 0.05) is 35.5 Å². The van der Waals surface area contributed by atoms with Crippen LogP contribution >= 0.6 is 24.8 Å². The highest BCUT2D eigenvalue weighted by atomic mass is 35.5. The number of carbonyl (C=O) groups excluding carboxylic acids is 1. The Labute approximate surface area is 273 Å². The number of esters is 1. The lowest BCUT2D eigenvalue weighted by Gasteiger charge is -2.19. The van der Waals surface area contributed by atoms with Crippen molar-refractivity contribution >= 4 is 41.6 Å². The maximum absolute atomic E-state index is 13.2. The molecule has 0 spiro atoms. The molecule has 0 bridgehead atoms. The van der Waals surface area contributed by atoms with Crippen LogP contribution in [-0.4, -0.2) is 56.0 Å². The molecule has 0 saturated carbocycles. The number of hydrogen-bond donors (Lipinski definition) is 0. The number of hydrogen-bond acceptors (Lipinski definition) is 10. The molecule has 0 fully saturated rings. The molecular weight excluding hydrogens is 621 g/mol. The second kappa shape index (κ2) is 16.3. The molecule has 3 heterocycles. The van der Waals surface area contributed by atoms with Gasteiger partial charge in [0.25, 0.3) is 0 Å². The molecule has 0 N–H and O–H groups in total. The Hall–Kier alpha value is -4.80. The lowest BCUT2D eigenvalue weighted by molar-refractivity contribution is 0.0594. The third kappa shape index (κ3) is 7.84. The maximum atomic E-state index is 13.2. The Morgan fingerprint density at radius 1 is 0.733 bits per heavy atom. The lowest BCUT2D eigenvalue weighted by Crippen LogP contribution is -2.11. The van der Waals surface area contributed by atoms with Gasteiger partial charge in [-0.1, -0.05) is 12.1 Å². The molecule has 0 unspecified atom stereocenters. The Balaban J connectivity index is 0.00000276.